The maximum absolute atomic E-state index is 11.6. The molecule has 1 aliphatic carbocycles. The standard InChI is InChI=1S/C13H18O3/c1-3-16-12(15)8-4-5-9-13(2)10-6-7-11(13)14/h3,5-7,9-10H2,1-2H3/t13-/m1/s1. The summed E-state index contributed by atoms with van der Waals surface area (Å²) in [6, 6.07) is 0. The third kappa shape index (κ3) is 3.37. The predicted octanol–water partition coefficient (Wildman–Crippen LogP) is 2.09. The van der Waals surface area contributed by atoms with Crippen molar-refractivity contribution in [1.29, 1.82) is 0 Å². The number of Topliss-reactive ketones (excluding diaryl/α,β-unsaturated/α-hetero) is 1. The van der Waals surface area contributed by atoms with Crippen molar-refractivity contribution in [3.63, 3.8) is 0 Å². The Labute approximate surface area is 96.5 Å². The normalized spacial score (nSPS) is 23.8. The van der Waals surface area contributed by atoms with Gasteiger partial charge in [-0.25, -0.2) is 4.79 Å². The van der Waals surface area contributed by atoms with Gasteiger partial charge in [-0.05, 0) is 26.2 Å². The summed E-state index contributed by atoms with van der Waals surface area (Å²) in [4.78, 5) is 22.5. The van der Waals surface area contributed by atoms with Crippen LogP contribution in [0.5, 0.6) is 0 Å². The van der Waals surface area contributed by atoms with Crippen LogP contribution in [0.4, 0.5) is 0 Å². The lowest BCUT2D eigenvalue weighted by molar-refractivity contribution is -0.136. The first-order chi connectivity index (χ1) is 7.58. The van der Waals surface area contributed by atoms with Crippen molar-refractivity contribution in [3.8, 4) is 11.8 Å². The molecule has 0 radical (unpaired) electrons. The molecule has 0 saturated heterocycles. The molecule has 0 spiro atoms. The Kier molecular flexibility index (Phi) is 4.54. The number of hydrogen-bond donors (Lipinski definition) is 0. The molecule has 0 amide bonds. The minimum Gasteiger partial charge on any atom is -0.456 e. The summed E-state index contributed by atoms with van der Waals surface area (Å²) in [7, 11) is 0. The minimum atomic E-state index is -0.481. The van der Waals surface area contributed by atoms with Gasteiger partial charge < -0.3 is 4.74 Å². The van der Waals surface area contributed by atoms with Gasteiger partial charge in [-0.15, -0.1) is 0 Å². The Morgan fingerprint density at radius 1 is 1.56 bits per heavy atom. The first kappa shape index (κ1) is 12.8. The Morgan fingerprint density at radius 2 is 2.31 bits per heavy atom. The molecule has 0 N–H and O–H groups in total. The average molecular weight is 222 g/mol. The number of rotatable bonds is 3. The van der Waals surface area contributed by atoms with Gasteiger partial charge in [-0.1, -0.05) is 12.8 Å². The molecular weight excluding hydrogens is 204 g/mol. The van der Waals surface area contributed by atoms with Crippen LogP contribution in [0.15, 0.2) is 0 Å². The second-order valence-corrected chi connectivity index (χ2v) is 4.36. The minimum absolute atomic E-state index is 0.205. The third-order valence-corrected chi connectivity index (χ3v) is 3.07. The van der Waals surface area contributed by atoms with Crippen LogP contribution in [-0.4, -0.2) is 18.4 Å². The fourth-order valence-corrected chi connectivity index (χ4v) is 1.98. The SMILES string of the molecule is CCOC(=O)C#CCC[C@]1(C)CCCC1=O. The number of ketones is 1. The summed E-state index contributed by atoms with van der Waals surface area (Å²) >= 11 is 0. The van der Waals surface area contributed by atoms with Crippen molar-refractivity contribution in [3.05, 3.63) is 0 Å². The molecule has 0 unspecified atom stereocenters. The molecule has 0 aromatic heterocycles. The van der Waals surface area contributed by atoms with E-state index in [4.69, 9.17) is 0 Å². The van der Waals surface area contributed by atoms with Crippen molar-refractivity contribution in [2.24, 2.45) is 5.41 Å². The van der Waals surface area contributed by atoms with Gasteiger partial charge in [0.05, 0.1) is 6.61 Å². The second kappa shape index (κ2) is 5.69. The molecule has 1 atom stereocenters. The Bertz CT molecular complexity index is 335. The molecule has 3 heteroatoms. The van der Waals surface area contributed by atoms with Gasteiger partial charge in [-0.3, -0.25) is 4.79 Å². The van der Waals surface area contributed by atoms with Crippen molar-refractivity contribution < 1.29 is 14.3 Å². The van der Waals surface area contributed by atoms with E-state index < -0.39 is 5.97 Å². The topological polar surface area (TPSA) is 43.4 Å². The molecule has 1 fully saturated rings. The van der Waals surface area contributed by atoms with E-state index in [-0.39, 0.29) is 5.41 Å². The summed E-state index contributed by atoms with van der Waals surface area (Å²) < 4.78 is 4.68. The maximum atomic E-state index is 11.6. The highest BCUT2D eigenvalue weighted by Crippen LogP contribution is 2.38. The molecule has 0 bridgehead atoms. The zero-order valence-corrected chi connectivity index (χ0v) is 9.97. The highest BCUT2D eigenvalue weighted by atomic mass is 16.5. The van der Waals surface area contributed by atoms with E-state index in [1.165, 1.54) is 0 Å². The van der Waals surface area contributed by atoms with Crippen LogP contribution in [0.25, 0.3) is 0 Å². The summed E-state index contributed by atoms with van der Waals surface area (Å²) in [5.74, 6) is 5.04. The highest BCUT2D eigenvalue weighted by Gasteiger charge is 2.36. The summed E-state index contributed by atoms with van der Waals surface area (Å²) in [6.07, 6.45) is 3.97. The number of hydrogen-bond acceptors (Lipinski definition) is 3. The smallest absolute Gasteiger partial charge is 0.384 e. The molecule has 0 aromatic rings. The summed E-state index contributed by atoms with van der Waals surface area (Å²) in [6.45, 7) is 4.09. The first-order valence-corrected chi connectivity index (χ1v) is 5.77. The largest absolute Gasteiger partial charge is 0.456 e. The molecule has 0 aliphatic heterocycles. The molecule has 16 heavy (non-hydrogen) atoms. The summed E-state index contributed by atoms with van der Waals surface area (Å²) in [5.41, 5.74) is -0.205. The molecule has 0 aromatic carbocycles. The maximum Gasteiger partial charge on any atom is 0.384 e. The Balaban J connectivity index is 2.35. The van der Waals surface area contributed by atoms with Gasteiger partial charge in [0.25, 0.3) is 0 Å². The zero-order chi connectivity index (χ0) is 12.0. The lowest BCUT2D eigenvalue weighted by Gasteiger charge is -2.19. The van der Waals surface area contributed by atoms with Crippen molar-refractivity contribution >= 4 is 11.8 Å². The number of ether oxygens (including phenoxy) is 1. The van der Waals surface area contributed by atoms with Crippen LogP contribution >= 0.6 is 0 Å². The number of carbonyl (C=O) groups excluding carboxylic acids is 2. The van der Waals surface area contributed by atoms with Crippen molar-refractivity contribution in [2.45, 2.75) is 46.0 Å². The van der Waals surface area contributed by atoms with Crippen LogP contribution in [0.2, 0.25) is 0 Å². The summed E-state index contributed by atoms with van der Waals surface area (Å²) in [5, 5.41) is 0. The average Bonchev–Trinajstić information content (AvgIpc) is 2.55. The van der Waals surface area contributed by atoms with E-state index in [0.29, 0.717) is 25.2 Å². The zero-order valence-electron chi connectivity index (χ0n) is 9.97. The van der Waals surface area contributed by atoms with Gasteiger partial charge >= 0.3 is 5.97 Å². The molecule has 1 saturated carbocycles. The van der Waals surface area contributed by atoms with E-state index in [2.05, 4.69) is 16.6 Å². The lowest BCUT2D eigenvalue weighted by Crippen LogP contribution is -2.20. The molecule has 1 rings (SSSR count). The molecule has 3 nitrogen and oxygen atoms in total. The Hall–Kier alpha value is -1.30. The fraction of sp³-hybridized carbons (Fsp3) is 0.692. The van der Waals surface area contributed by atoms with Gasteiger partial charge in [0, 0.05) is 24.2 Å². The quantitative estimate of drug-likeness (QED) is 0.417. The molecule has 1 aliphatic rings. The third-order valence-electron chi connectivity index (χ3n) is 3.07. The van der Waals surface area contributed by atoms with Crippen LogP contribution in [0.1, 0.15) is 46.0 Å². The van der Waals surface area contributed by atoms with Crippen LogP contribution in [-0.2, 0) is 14.3 Å². The number of esters is 1. The van der Waals surface area contributed by atoms with Gasteiger partial charge in [0.15, 0.2) is 0 Å². The predicted molar refractivity (Wildman–Crippen MR) is 60.6 cm³/mol. The van der Waals surface area contributed by atoms with Crippen LogP contribution < -0.4 is 0 Å². The Morgan fingerprint density at radius 3 is 2.88 bits per heavy atom. The van der Waals surface area contributed by atoms with E-state index in [9.17, 15) is 9.59 Å². The van der Waals surface area contributed by atoms with E-state index in [1.807, 2.05) is 6.92 Å². The highest BCUT2D eigenvalue weighted by molar-refractivity contribution is 5.88. The van der Waals surface area contributed by atoms with Gasteiger partial charge in [0.1, 0.15) is 5.78 Å². The van der Waals surface area contributed by atoms with E-state index in [0.717, 1.165) is 19.3 Å². The monoisotopic (exact) mass is 222 g/mol. The molecular formula is C13H18O3. The first-order valence-electron chi connectivity index (χ1n) is 5.77. The fourth-order valence-electron chi connectivity index (χ4n) is 1.98. The van der Waals surface area contributed by atoms with Crippen molar-refractivity contribution in [1.82, 2.24) is 0 Å². The second-order valence-electron chi connectivity index (χ2n) is 4.36. The van der Waals surface area contributed by atoms with Crippen LogP contribution in [0.3, 0.4) is 0 Å². The molecule has 0 heterocycles. The van der Waals surface area contributed by atoms with E-state index >= 15 is 0 Å². The van der Waals surface area contributed by atoms with Gasteiger partial charge in [-0.2, -0.15) is 0 Å². The van der Waals surface area contributed by atoms with Crippen molar-refractivity contribution in [2.75, 3.05) is 6.61 Å². The van der Waals surface area contributed by atoms with Crippen LogP contribution in [0, 0.1) is 17.3 Å². The molecule has 88 valence electrons. The van der Waals surface area contributed by atoms with Gasteiger partial charge in [0.2, 0.25) is 0 Å². The number of carbonyl (C=O) groups is 2. The van der Waals surface area contributed by atoms with E-state index in [1.54, 1.807) is 6.92 Å². The lowest BCUT2D eigenvalue weighted by atomic mass is 9.83.